The number of benzene rings is 1. The maximum atomic E-state index is 12.7. The maximum absolute atomic E-state index is 12.7. The molecule has 1 atom stereocenters. The predicted octanol–water partition coefficient (Wildman–Crippen LogP) is 2.71. The number of carbonyl (C=O) groups is 1. The van der Waals surface area contributed by atoms with E-state index in [0.717, 1.165) is 60.7 Å². The molecule has 1 aromatic heterocycles. The topological polar surface area (TPSA) is 73.3 Å². The van der Waals surface area contributed by atoms with Gasteiger partial charge < -0.3 is 24.8 Å². The zero-order chi connectivity index (χ0) is 22.5. The molecule has 9 heteroatoms. The Morgan fingerprint density at radius 3 is 2.61 bits per heavy atom. The first-order valence-electron chi connectivity index (χ1n) is 11.6. The minimum absolute atomic E-state index is 0. The summed E-state index contributed by atoms with van der Waals surface area (Å²) < 4.78 is 5.58. The van der Waals surface area contributed by atoms with E-state index >= 15 is 0 Å². The van der Waals surface area contributed by atoms with Crippen LogP contribution in [0.4, 0.5) is 5.82 Å². The van der Waals surface area contributed by atoms with Gasteiger partial charge in [-0.3, -0.25) is 4.79 Å². The molecule has 0 bridgehead atoms. The number of piperazine rings is 1. The maximum Gasteiger partial charge on any atom is 0.251 e. The molecule has 0 saturated carbocycles. The summed E-state index contributed by atoms with van der Waals surface area (Å²) in [6.07, 6.45) is 1.58. The highest BCUT2D eigenvalue weighted by atomic mass is 127. The quantitative estimate of drug-likeness (QED) is 0.341. The summed E-state index contributed by atoms with van der Waals surface area (Å²) in [6, 6.07) is 10.3. The molecule has 0 radical (unpaired) electrons. The molecule has 2 saturated heterocycles. The largest absolute Gasteiger partial charge is 0.368 e. The normalized spacial score (nSPS) is 18.9. The van der Waals surface area contributed by atoms with Gasteiger partial charge in [-0.1, -0.05) is 18.2 Å². The zero-order valence-electron chi connectivity index (χ0n) is 19.8. The molecule has 1 unspecified atom stereocenters. The van der Waals surface area contributed by atoms with Crippen LogP contribution in [0, 0.1) is 0 Å². The molecular formula is C24H35IN6O2. The van der Waals surface area contributed by atoms with Crippen LogP contribution in [-0.4, -0.2) is 86.2 Å². The highest BCUT2D eigenvalue weighted by Gasteiger charge is 2.30. The number of hydrogen-bond acceptors (Lipinski definition) is 5. The molecule has 2 aliphatic heterocycles. The van der Waals surface area contributed by atoms with Crippen LogP contribution >= 0.6 is 24.0 Å². The fraction of sp³-hybridized carbons (Fsp3) is 0.542. The summed E-state index contributed by atoms with van der Waals surface area (Å²) in [5, 5.41) is 4.56. The van der Waals surface area contributed by atoms with Crippen molar-refractivity contribution in [2.24, 2.45) is 4.99 Å². The molecule has 2 fully saturated rings. The Morgan fingerprint density at radius 1 is 1.21 bits per heavy atom. The van der Waals surface area contributed by atoms with Gasteiger partial charge in [0, 0.05) is 58.8 Å². The van der Waals surface area contributed by atoms with Crippen molar-refractivity contribution in [3.05, 3.63) is 35.9 Å². The SMILES string of the molecule is CCNC(=NCc1cc(N(C)C)nc2ccccc12)N1CCN(C(=O)C2CCCO2)CC1.I. The number of ether oxygens (including phenoxy) is 1. The summed E-state index contributed by atoms with van der Waals surface area (Å²) >= 11 is 0. The van der Waals surface area contributed by atoms with Crippen LogP contribution in [0.1, 0.15) is 25.3 Å². The molecule has 1 aromatic carbocycles. The van der Waals surface area contributed by atoms with E-state index in [1.807, 2.05) is 42.1 Å². The van der Waals surface area contributed by atoms with Crippen LogP contribution < -0.4 is 10.2 Å². The Morgan fingerprint density at radius 2 is 1.94 bits per heavy atom. The smallest absolute Gasteiger partial charge is 0.251 e. The Hall–Kier alpha value is -2.14. The number of fused-ring (bicyclic) bond motifs is 1. The Labute approximate surface area is 213 Å². The van der Waals surface area contributed by atoms with Crippen molar-refractivity contribution in [3.63, 3.8) is 0 Å². The average molecular weight is 566 g/mol. The number of pyridine rings is 1. The molecule has 0 spiro atoms. The van der Waals surface area contributed by atoms with Gasteiger partial charge >= 0.3 is 0 Å². The van der Waals surface area contributed by atoms with Crippen molar-refractivity contribution in [1.29, 1.82) is 0 Å². The molecule has 1 N–H and O–H groups in total. The van der Waals surface area contributed by atoms with Crippen LogP contribution in [0.15, 0.2) is 35.3 Å². The minimum atomic E-state index is -0.241. The number of amides is 1. The van der Waals surface area contributed by atoms with Crippen molar-refractivity contribution < 1.29 is 9.53 Å². The van der Waals surface area contributed by atoms with Crippen molar-refractivity contribution in [2.75, 3.05) is 58.3 Å². The Kier molecular flexibility index (Phi) is 9.13. The van der Waals surface area contributed by atoms with E-state index in [4.69, 9.17) is 14.7 Å². The van der Waals surface area contributed by atoms with E-state index in [2.05, 4.69) is 29.3 Å². The Balaban J connectivity index is 0.00000306. The van der Waals surface area contributed by atoms with Gasteiger partial charge in [0.25, 0.3) is 5.91 Å². The lowest BCUT2D eigenvalue weighted by molar-refractivity contribution is -0.142. The van der Waals surface area contributed by atoms with Gasteiger partial charge in [-0.25, -0.2) is 9.98 Å². The van der Waals surface area contributed by atoms with E-state index in [1.54, 1.807) is 0 Å². The minimum Gasteiger partial charge on any atom is -0.368 e. The van der Waals surface area contributed by atoms with Crippen LogP contribution in [0.25, 0.3) is 10.9 Å². The van der Waals surface area contributed by atoms with Gasteiger partial charge in [-0.2, -0.15) is 0 Å². The van der Waals surface area contributed by atoms with Gasteiger partial charge in [0.05, 0.1) is 12.1 Å². The number of anilines is 1. The van der Waals surface area contributed by atoms with Crippen molar-refractivity contribution in [3.8, 4) is 0 Å². The molecule has 8 nitrogen and oxygen atoms in total. The molecule has 2 aliphatic rings. The first-order valence-corrected chi connectivity index (χ1v) is 11.6. The highest BCUT2D eigenvalue weighted by molar-refractivity contribution is 14.0. The molecule has 2 aromatic rings. The summed E-state index contributed by atoms with van der Waals surface area (Å²) in [5.41, 5.74) is 2.14. The van der Waals surface area contributed by atoms with Crippen LogP contribution in [0.5, 0.6) is 0 Å². The number of para-hydroxylation sites is 1. The molecule has 0 aliphatic carbocycles. The number of nitrogens with zero attached hydrogens (tertiary/aromatic N) is 5. The van der Waals surface area contributed by atoms with Gasteiger partial charge in [0.1, 0.15) is 11.9 Å². The summed E-state index contributed by atoms with van der Waals surface area (Å²) in [5.74, 6) is 1.97. The van der Waals surface area contributed by atoms with Gasteiger partial charge in [-0.05, 0) is 37.5 Å². The lowest BCUT2D eigenvalue weighted by Crippen LogP contribution is -2.55. The number of halogens is 1. The molecular weight excluding hydrogens is 531 g/mol. The predicted molar refractivity (Wildman–Crippen MR) is 143 cm³/mol. The molecule has 180 valence electrons. The monoisotopic (exact) mass is 566 g/mol. The first-order chi connectivity index (χ1) is 15.6. The van der Waals surface area contributed by atoms with Crippen molar-refractivity contribution >= 4 is 52.6 Å². The fourth-order valence-corrected chi connectivity index (χ4v) is 4.29. The van der Waals surface area contributed by atoms with Gasteiger partial charge in [0.2, 0.25) is 0 Å². The van der Waals surface area contributed by atoms with E-state index in [1.165, 1.54) is 0 Å². The number of rotatable bonds is 5. The lowest BCUT2D eigenvalue weighted by atomic mass is 10.1. The average Bonchev–Trinajstić information content (AvgIpc) is 3.36. The summed E-state index contributed by atoms with van der Waals surface area (Å²) in [6.45, 7) is 7.09. The third kappa shape index (κ3) is 6.06. The second-order valence-corrected chi connectivity index (χ2v) is 8.54. The van der Waals surface area contributed by atoms with E-state index in [9.17, 15) is 4.79 Å². The summed E-state index contributed by atoms with van der Waals surface area (Å²) in [7, 11) is 4.01. The Bertz CT molecular complexity index is 969. The second-order valence-electron chi connectivity index (χ2n) is 8.54. The van der Waals surface area contributed by atoms with Crippen molar-refractivity contribution in [1.82, 2.24) is 20.1 Å². The third-order valence-electron chi connectivity index (χ3n) is 6.08. The molecule has 4 rings (SSSR count). The number of carbonyl (C=O) groups excluding carboxylic acids is 1. The fourth-order valence-electron chi connectivity index (χ4n) is 4.29. The van der Waals surface area contributed by atoms with E-state index in [0.29, 0.717) is 26.2 Å². The van der Waals surface area contributed by atoms with Crippen LogP contribution in [-0.2, 0) is 16.1 Å². The number of aromatic nitrogens is 1. The standard InChI is InChI=1S/C24H34N6O2.HI/c1-4-25-24(30-13-11-29(12-14-30)23(31)21-10-7-15-32-21)26-17-18-16-22(28(2)3)27-20-9-6-5-8-19(18)20;/h5-6,8-9,16,21H,4,7,10-15,17H2,1-3H3,(H,25,26);1H. The molecule has 3 heterocycles. The number of nitrogens with one attached hydrogen (secondary N) is 1. The van der Waals surface area contributed by atoms with E-state index < -0.39 is 0 Å². The number of aliphatic imine (C=N–C) groups is 1. The van der Waals surface area contributed by atoms with Gasteiger partial charge in [-0.15, -0.1) is 24.0 Å². The van der Waals surface area contributed by atoms with Crippen molar-refractivity contribution in [2.45, 2.75) is 32.4 Å². The van der Waals surface area contributed by atoms with Gasteiger partial charge in [0.15, 0.2) is 5.96 Å². The molecule has 33 heavy (non-hydrogen) atoms. The second kappa shape index (κ2) is 11.8. The summed E-state index contributed by atoms with van der Waals surface area (Å²) in [4.78, 5) is 28.6. The highest BCUT2D eigenvalue weighted by Crippen LogP contribution is 2.23. The van der Waals surface area contributed by atoms with E-state index in [-0.39, 0.29) is 36.0 Å². The van der Waals surface area contributed by atoms with Crippen LogP contribution in [0.3, 0.4) is 0 Å². The first kappa shape index (κ1) is 25.5. The molecule has 1 amide bonds. The lowest BCUT2D eigenvalue weighted by Gasteiger charge is -2.37. The van der Waals surface area contributed by atoms with Crippen LogP contribution in [0.2, 0.25) is 0 Å². The third-order valence-corrected chi connectivity index (χ3v) is 6.08. The number of guanidine groups is 1. The number of hydrogen-bond donors (Lipinski definition) is 1. The zero-order valence-corrected chi connectivity index (χ0v) is 22.1.